The molecule has 0 aromatic heterocycles. The first-order valence-corrected chi connectivity index (χ1v) is 8.52. The molecule has 0 bridgehead atoms. The molecule has 0 aromatic rings. The molecular formula is C18H33NO4. The second-order valence-corrected chi connectivity index (χ2v) is 6.62. The molecule has 2 atom stereocenters. The summed E-state index contributed by atoms with van der Waals surface area (Å²) in [5.41, 5.74) is -0.602. The van der Waals surface area contributed by atoms with Gasteiger partial charge in [-0.2, -0.15) is 0 Å². The van der Waals surface area contributed by atoms with Crippen LogP contribution in [0.2, 0.25) is 0 Å². The van der Waals surface area contributed by atoms with Gasteiger partial charge in [-0.3, -0.25) is 0 Å². The second kappa shape index (κ2) is 11.1. The van der Waals surface area contributed by atoms with Gasteiger partial charge in [0.25, 0.3) is 0 Å². The van der Waals surface area contributed by atoms with Crippen molar-refractivity contribution in [2.45, 2.75) is 78.4 Å². The maximum Gasteiger partial charge on any atom is 0.408 e. The maximum absolute atomic E-state index is 12.2. The third-order valence-corrected chi connectivity index (χ3v) is 3.44. The summed E-state index contributed by atoms with van der Waals surface area (Å²) < 4.78 is 10.4. The van der Waals surface area contributed by atoms with Gasteiger partial charge in [0.2, 0.25) is 0 Å². The third-order valence-electron chi connectivity index (χ3n) is 3.44. The number of carbonyl (C=O) groups is 2. The Kier molecular flexibility index (Phi) is 10.4. The molecule has 1 amide bonds. The molecule has 0 fully saturated rings. The fourth-order valence-electron chi connectivity index (χ4n) is 2.34. The van der Waals surface area contributed by atoms with Crippen LogP contribution in [0.5, 0.6) is 0 Å². The summed E-state index contributed by atoms with van der Waals surface area (Å²) >= 11 is 0. The van der Waals surface area contributed by atoms with E-state index in [2.05, 4.69) is 11.9 Å². The summed E-state index contributed by atoms with van der Waals surface area (Å²) in [5.74, 6) is -0.361. The van der Waals surface area contributed by atoms with Crippen molar-refractivity contribution in [1.82, 2.24) is 5.32 Å². The molecule has 0 saturated carbocycles. The number of nitrogens with one attached hydrogen (secondary N) is 1. The molecule has 0 radical (unpaired) electrons. The highest BCUT2D eigenvalue weighted by molar-refractivity contribution is 5.81. The van der Waals surface area contributed by atoms with Crippen LogP contribution in [-0.2, 0) is 14.3 Å². The minimum atomic E-state index is -0.668. The zero-order valence-electron chi connectivity index (χ0n) is 15.3. The topological polar surface area (TPSA) is 64.6 Å². The lowest BCUT2D eigenvalue weighted by Crippen LogP contribution is -2.48. The lowest BCUT2D eigenvalue weighted by Gasteiger charge is -2.27. The fourth-order valence-corrected chi connectivity index (χ4v) is 2.34. The maximum atomic E-state index is 12.2. The van der Waals surface area contributed by atoms with Gasteiger partial charge in [0.15, 0.2) is 0 Å². The van der Waals surface area contributed by atoms with Gasteiger partial charge in [0.05, 0.1) is 6.61 Å². The van der Waals surface area contributed by atoms with Crippen molar-refractivity contribution in [2.75, 3.05) is 6.61 Å². The number of rotatable bonds is 10. The van der Waals surface area contributed by atoms with Crippen LogP contribution in [0.4, 0.5) is 4.79 Å². The average Bonchev–Trinajstić information content (AvgIpc) is 2.44. The Balaban J connectivity index is 4.84. The molecule has 5 heteroatoms. The molecule has 0 rings (SSSR count). The molecule has 0 aliphatic rings. The number of esters is 1. The Morgan fingerprint density at radius 3 is 2.35 bits per heavy atom. The molecule has 23 heavy (non-hydrogen) atoms. The Morgan fingerprint density at radius 2 is 1.87 bits per heavy atom. The van der Waals surface area contributed by atoms with Gasteiger partial charge in [-0.05, 0) is 52.9 Å². The summed E-state index contributed by atoms with van der Waals surface area (Å²) in [6, 6.07) is -0.668. The summed E-state index contributed by atoms with van der Waals surface area (Å²) in [5, 5.41) is 2.69. The second-order valence-electron chi connectivity index (χ2n) is 6.62. The average molecular weight is 327 g/mol. The third kappa shape index (κ3) is 9.97. The number of allylic oxidation sites excluding steroid dienone is 1. The van der Waals surface area contributed by atoms with Gasteiger partial charge < -0.3 is 14.8 Å². The van der Waals surface area contributed by atoms with Crippen molar-refractivity contribution in [1.29, 1.82) is 0 Å². The smallest absolute Gasteiger partial charge is 0.408 e. The lowest BCUT2D eigenvalue weighted by atomic mass is 9.91. The van der Waals surface area contributed by atoms with E-state index in [0.717, 1.165) is 32.1 Å². The van der Waals surface area contributed by atoms with Crippen LogP contribution in [0.3, 0.4) is 0 Å². The highest BCUT2D eigenvalue weighted by atomic mass is 16.6. The number of carbonyl (C=O) groups excluding carboxylic acids is 2. The molecule has 0 aromatic carbocycles. The fraction of sp³-hybridized carbons (Fsp3) is 0.778. The number of unbranched alkanes of at least 4 members (excludes halogenated alkanes) is 2. The lowest BCUT2D eigenvalue weighted by molar-refractivity contribution is -0.147. The molecule has 134 valence electrons. The van der Waals surface area contributed by atoms with E-state index in [0.29, 0.717) is 0 Å². The van der Waals surface area contributed by atoms with Crippen molar-refractivity contribution < 1.29 is 19.1 Å². The molecule has 0 saturated heterocycles. The van der Waals surface area contributed by atoms with Gasteiger partial charge in [-0.1, -0.05) is 25.8 Å². The summed E-state index contributed by atoms with van der Waals surface area (Å²) in [7, 11) is 0. The minimum absolute atomic E-state index is 0.0337. The standard InChI is InChI=1S/C18H33NO4/c1-7-10-11-12-13-14(8-2)15(16(20)22-9-3)19-17(21)23-18(4,5)6/h7,14-15H,1,8-13H2,2-6H3,(H,19,21). The SMILES string of the molecule is C=CCCCCC(CC)C(NC(=O)OC(C)(C)C)C(=O)OCC. The van der Waals surface area contributed by atoms with Crippen molar-refractivity contribution in [3.63, 3.8) is 0 Å². The predicted octanol–water partition coefficient (Wildman–Crippen LogP) is 4.22. The molecule has 0 aliphatic heterocycles. The van der Waals surface area contributed by atoms with Crippen LogP contribution in [-0.4, -0.2) is 30.3 Å². The van der Waals surface area contributed by atoms with Crippen LogP contribution in [0.15, 0.2) is 12.7 Å². The van der Waals surface area contributed by atoms with Crippen molar-refractivity contribution in [3.8, 4) is 0 Å². The Morgan fingerprint density at radius 1 is 1.22 bits per heavy atom. The summed E-state index contributed by atoms with van der Waals surface area (Å²) in [6.45, 7) is 13.1. The zero-order valence-corrected chi connectivity index (χ0v) is 15.3. The molecule has 1 N–H and O–H groups in total. The first kappa shape index (κ1) is 21.5. The largest absolute Gasteiger partial charge is 0.464 e. The number of ether oxygens (including phenoxy) is 2. The van der Waals surface area contributed by atoms with E-state index in [4.69, 9.17) is 9.47 Å². The molecule has 0 heterocycles. The van der Waals surface area contributed by atoms with E-state index in [1.807, 2.05) is 13.0 Å². The van der Waals surface area contributed by atoms with Crippen LogP contribution < -0.4 is 5.32 Å². The van der Waals surface area contributed by atoms with Crippen LogP contribution in [0.1, 0.15) is 66.7 Å². The van der Waals surface area contributed by atoms with Gasteiger partial charge in [0, 0.05) is 0 Å². The number of hydrogen-bond donors (Lipinski definition) is 1. The van der Waals surface area contributed by atoms with Crippen LogP contribution in [0, 0.1) is 5.92 Å². The van der Waals surface area contributed by atoms with Crippen LogP contribution >= 0.6 is 0 Å². The van der Waals surface area contributed by atoms with E-state index in [1.54, 1.807) is 27.7 Å². The molecule has 5 nitrogen and oxygen atoms in total. The van der Waals surface area contributed by atoms with Gasteiger partial charge in [-0.25, -0.2) is 9.59 Å². The highest BCUT2D eigenvalue weighted by Crippen LogP contribution is 2.20. The predicted molar refractivity (Wildman–Crippen MR) is 92.2 cm³/mol. The molecule has 0 aliphatic carbocycles. The molecule has 0 spiro atoms. The Hall–Kier alpha value is -1.52. The summed E-state index contributed by atoms with van der Waals surface area (Å²) in [6.07, 6.45) is 5.91. The Bertz CT molecular complexity index is 374. The minimum Gasteiger partial charge on any atom is -0.464 e. The zero-order chi connectivity index (χ0) is 17.9. The first-order valence-electron chi connectivity index (χ1n) is 8.52. The van der Waals surface area contributed by atoms with Crippen molar-refractivity contribution >= 4 is 12.1 Å². The van der Waals surface area contributed by atoms with E-state index in [9.17, 15) is 9.59 Å². The van der Waals surface area contributed by atoms with Gasteiger partial charge in [0.1, 0.15) is 11.6 Å². The summed E-state index contributed by atoms with van der Waals surface area (Å²) in [4.78, 5) is 24.2. The Labute approximate surface area is 140 Å². The van der Waals surface area contributed by atoms with Gasteiger partial charge >= 0.3 is 12.1 Å². The van der Waals surface area contributed by atoms with Crippen molar-refractivity contribution in [3.05, 3.63) is 12.7 Å². The molecular weight excluding hydrogens is 294 g/mol. The number of hydrogen-bond acceptors (Lipinski definition) is 4. The number of alkyl carbamates (subject to hydrolysis) is 1. The molecule has 2 unspecified atom stereocenters. The number of amides is 1. The van der Waals surface area contributed by atoms with E-state index in [1.165, 1.54) is 0 Å². The normalized spacial score (nSPS) is 13.8. The van der Waals surface area contributed by atoms with Gasteiger partial charge in [-0.15, -0.1) is 6.58 Å². The van der Waals surface area contributed by atoms with E-state index < -0.39 is 23.7 Å². The van der Waals surface area contributed by atoms with E-state index >= 15 is 0 Å². The van der Waals surface area contributed by atoms with E-state index in [-0.39, 0.29) is 12.5 Å². The first-order chi connectivity index (χ1) is 10.7. The highest BCUT2D eigenvalue weighted by Gasteiger charge is 2.31. The van der Waals surface area contributed by atoms with Crippen LogP contribution in [0.25, 0.3) is 0 Å². The monoisotopic (exact) mass is 327 g/mol. The quantitative estimate of drug-likeness (QED) is 0.371. The van der Waals surface area contributed by atoms with Crippen molar-refractivity contribution in [2.24, 2.45) is 5.92 Å².